The predicted molar refractivity (Wildman–Crippen MR) is 99.6 cm³/mol. The van der Waals surface area contributed by atoms with Crippen LogP contribution in [0.5, 0.6) is 5.88 Å². The van der Waals surface area contributed by atoms with Crippen molar-refractivity contribution in [1.82, 2.24) is 9.97 Å². The van der Waals surface area contributed by atoms with Crippen molar-refractivity contribution < 1.29 is 27.4 Å². The molecule has 1 unspecified atom stereocenters. The van der Waals surface area contributed by atoms with E-state index in [0.29, 0.717) is 5.69 Å². The summed E-state index contributed by atoms with van der Waals surface area (Å²) in [5.41, 5.74) is 11.2. The average molecular weight is 412 g/mol. The van der Waals surface area contributed by atoms with Crippen LogP contribution < -0.4 is 21.5 Å². The number of nitrogen functional groups attached to an aromatic ring is 1. The van der Waals surface area contributed by atoms with Gasteiger partial charge in [0.1, 0.15) is 24.3 Å². The minimum absolute atomic E-state index is 0.0230. The molecule has 0 saturated heterocycles. The van der Waals surface area contributed by atoms with Crippen LogP contribution in [0.3, 0.4) is 0 Å². The van der Waals surface area contributed by atoms with Crippen molar-refractivity contribution in [2.75, 3.05) is 31.4 Å². The van der Waals surface area contributed by atoms with Crippen molar-refractivity contribution in [2.24, 2.45) is 10.7 Å². The largest absolute Gasteiger partial charge is 0.480 e. The molecule has 1 atom stereocenters. The molecule has 0 spiro atoms. The molecule has 0 saturated carbocycles. The lowest BCUT2D eigenvalue weighted by molar-refractivity contribution is 0.0505. The minimum atomic E-state index is -2.47. The van der Waals surface area contributed by atoms with E-state index in [0.717, 1.165) is 0 Å². The molecule has 2 aromatic rings. The molecule has 0 fully saturated rings. The molecule has 1 aliphatic heterocycles. The van der Waals surface area contributed by atoms with E-state index in [2.05, 4.69) is 20.3 Å². The third-order valence-electron chi connectivity index (χ3n) is 3.46. The highest BCUT2D eigenvalue weighted by molar-refractivity contribution is 6.05. The Morgan fingerprint density at radius 1 is 1.31 bits per heavy atom. The number of amidine groups is 1. The third-order valence-corrected chi connectivity index (χ3v) is 3.46. The summed E-state index contributed by atoms with van der Waals surface area (Å²) < 4.78 is 46.0. The highest BCUT2D eigenvalue weighted by Gasteiger charge is 2.22. The standard InChI is InChI=1S/C12H11FN4O2.C5H8F2N2O/c1-19-9-6-15-10(11(14)17-9)12(18)16-8-4-2-7(13)3-5-8;6-5(7)3-1-10-2-4(8)9-3/h2-6H,1H3,(H2,14,17)(H,16,18);3,5H,1-2H2,(H2,8,9). The van der Waals surface area contributed by atoms with Crippen LogP contribution in [-0.4, -0.2) is 54.5 Å². The molecule has 0 aliphatic carbocycles. The van der Waals surface area contributed by atoms with E-state index in [4.69, 9.17) is 20.9 Å². The van der Waals surface area contributed by atoms with Gasteiger partial charge < -0.3 is 26.3 Å². The van der Waals surface area contributed by atoms with E-state index in [1.165, 1.54) is 37.6 Å². The summed E-state index contributed by atoms with van der Waals surface area (Å²) in [5, 5.41) is 2.53. The Morgan fingerprint density at radius 3 is 2.52 bits per heavy atom. The Bertz CT molecular complexity index is 864. The van der Waals surface area contributed by atoms with E-state index in [1.807, 2.05) is 0 Å². The highest BCUT2D eigenvalue weighted by Crippen LogP contribution is 2.14. The number of carbonyl (C=O) groups is 1. The summed E-state index contributed by atoms with van der Waals surface area (Å²) in [6.07, 6.45) is -1.19. The molecule has 1 aromatic carbocycles. The molecule has 1 amide bonds. The predicted octanol–water partition coefficient (Wildman–Crippen LogP) is 1.47. The fraction of sp³-hybridized carbons (Fsp3) is 0.294. The second kappa shape index (κ2) is 10.2. The average Bonchev–Trinajstić information content (AvgIpc) is 2.70. The normalized spacial score (nSPS) is 15.8. The number of ether oxygens (including phenoxy) is 2. The lowest BCUT2D eigenvalue weighted by Crippen LogP contribution is -2.34. The Morgan fingerprint density at radius 2 is 2.00 bits per heavy atom. The number of nitrogens with zero attached hydrogens (tertiary/aromatic N) is 3. The second-order valence-corrected chi connectivity index (χ2v) is 5.64. The molecule has 1 aliphatic rings. The van der Waals surface area contributed by atoms with Crippen LogP contribution >= 0.6 is 0 Å². The zero-order chi connectivity index (χ0) is 21.4. The Balaban J connectivity index is 0.000000253. The van der Waals surface area contributed by atoms with Gasteiger partial charge in [-0.15, -0.1) is 0 Å². The topological polar surface area (TPSA) is 138 Å². The van der Waals surface area contributed by atoms with Gasteiger partial charge in [-0.3, -0.25) is 9.79 Å². The molecular weight excluding hydrogens is 393 g/mol. The monoisotopic (exact) mass is 412 g/mol. The van der Waals surface area contributed by atoms with Crippen LogP contribution in [0.4, 0.5) is 24.7 Å². The van der Waals surface area contributed by atoms with Crippen molar-refractivity contribution in [3.05, 3.63) is 42.0 Å². The van der Waals surface area contributed by atoms with E-state index in [9.17, 15) is 18.0 Å². The van der Waals surface area contributed by atoms with Crippen LogP contribution in [0.1, 0.15) is 10.5 Å². The Kier molecular flexibility index (Phi) is 7.71. The number of carbonyl (C=O) groups excluding carboxylic acids is 1. The lowest BCUT2D eigenvalue weighted by Gasteiger charge is -2.17. The number of hydrogen-bond donors (Lipinski definition) is 3. The number of hydrogen-bond acceptors (Lipinski definition) is 8. The number of benzene rings is 1. The molecule has 12 heteroatoms. The molecular formula is C17H19F3N6O3. The first kappa shape index (κ1) is 21.9. The van der Waals surface area contributed by atoms with Crippen LogP contribution in [0.15, 0.2) is 35.5 Å². The minimum Gasteiger partial charge on any atom is -0.480 e. The van der Waals surface area contributed by atoms with Gasteiger partial charge in [-0.05, 0) is 24.3 Å². The summed E-state index contributed by atoms with van der Waals surface area (Å²) >= 11 is 0. The van der Waals surface area contributed by atoms with Gasteiger partial charge in [-0.1, -0.05) is 0 Å². The third kappa shape index (κ3) is 6.60. The molecule has 0 bridgehead atoms. The van der Waals surface area contributed by atoms with Crippen molar-refractivity contribution in [1.29, 1.82) is 0 Å². The fourth-order valence-corrected chi connectivity index (χ4v) is 2.08. The first-order valence-corrected chi connectivity index (χ1v) is 8.21. The van der Waals surface area contributed by atoms with Gasteiger partial charge in [-0.2, -0.15) is 4.98 Å². The first-order chi connectivity index (χ1) is 13.8. The van der Waals surface area contributed by atoms with E-state index in [-0.39, 0.29) is 42.3 Å². The number of aromatic nitrogens is 2. The Hall–Kier alpha value is -3.41. The van der Waals surface area contributed by atoms with E-state index < -0.39 is 18.4 Å². The number of halogens is 3. The van der Waals surface area contributed by atoms with Crippen molar-refractivity contribution in [2.45, 2.75) is 12.5 Å². The molecule has 156 valence electrons. The number of nitrogens with two attached hydrogens (primary N) is 2. The SMILES string of the molecule is COc1cnc(C(=O)Nc2ccc(F)cc2)c(N)n1.NC1=NC(C(F)F)COC1. The van der Waals surface area contributed by atoms with Gasteiger partial charge in [0.15, 0.2) is 11.5 Å². The smallest absolute Gasteiger partial charge is 0.278 e. The summed E-state index contributed by atoms with van der Waals surface area (Å²) in [7, 11) is 1.42. The number of alkyl halides is 2. The molecule has 1 aromatic heterocycles. The lowest BCUT2D eigenvalue weighted by atomic mass is 10.3. The zero-order valence-corrected chi connectivity index (χ0v) is 15.3. The molecule has 9 nitrogen and oxygen atoms in total. The zero-order valence-electron chi connectivity index (χ0n) is 15.3. The number of nitrogens with one attached hydrogen (secondary N) is 1. The number of amides is 1. The quantitative estimate of drug-likeness (QED) is 0.691. The summed E-state index contributed by atoms with van der Waals surface area (Å²) in [5.74, 6) is -0.590. The Labute approximate surface area is 163 Å². The summed E-state index contributed by atoms with van der Waals surface area (Å²) in [4.78, 5) is 23.1. The van der Waals surface area contributed by atoms with E-state index >= 15 is 0 Å². The first-order valence-electron chi connectivity index (χ1n) is 8.21. The fourth-order valence-electron chi connectivity index (χ4n) is 2.08. The van der Waals surface area contributed by atoms with Crippen LogP contribution in [-0.2, 0) is 4.74 Å². The number of methoxy groups -OCH3 is 1. The number of aliphatic imine (C=N–C) groups is 1. The molecule has 2 heterocycles. The molecule has 0 radical (unpaired) electrons. The highest BCUT2D eigenvalue weighted by atomic mass is 19.3. The van der Waals surface area contributed by atoms with Gasteiger partial charge in [0.25, 0.3) is 12.3 Å². The maximum absolute atomic E-state index is 12.7. The van der Waals surface area contributed by atoms with E-state index in [1.54, 1.807) is 0 Å². The number of rotatable bonds is 4. The van der Waals surface area contributed by atoms with Crippen LogP contribution in [0, 0.1) is 5.82 Å². The van der Waals surface area contributed by atoms with Gasteiger partial charge in [-0.25, -0.2) is 18.2 Å². The van der Waals surface area contributed by atoms with Crippen molar-refractivity contribution in [3.8, 4) is 5.88 Å². The molecule has 3 rings (SSSR count). The summed E-state index contributed by atoms with van der Waals surface area (Å²) in [6.45, 7) is 0.140. The molecule has 5 N–H and O–H groups in total. The maximum atomic E-state index is 12.7. The number of anilines is 2. The summed E-state index contributed by atoms with van der Waals surface area (Å²) in [6, 6.07) is 4.27. The van der Waals surface area contributed by atoms with Crippen molar-refractivity contribution >= 4 is 23.2 Å². The van der Waals surface area contributed by atoms with Crippen LogP contribution in [0.25, 0.3) is 0 Å². The second-order valence-electron chi connectivity index (χ2n) is 5.64. The van der Waals surface area contributed by atoms with Crippen LogP contribution in [0.2, 0.25) is 0 Å². The molecule has 29 heavy (non-hydrogen) atoms. The van der Waals surface area contributed by atoms with Gasteiger partial charge in [0.2, 0.25) is 5.88 Å². The van der Waals surface area contributed by atoms with Gasteiger partial charge >= 0.3 is 0 Å². The van der Waals surface area contributed by atoms with Crippen molar-refractivity contribution in [3.63, 3.8) is 0 Å². The van der Waals surface area contributed by atoms with Gasteiger partial charge in [0.05, 0.1) is 19.9 Å². The maximum Gasteiger partial charge on any atom is 0.278 e. The van der Waals surface area contributed by atoms with Gasteiger partial charge in [0, 0.05) is 5.69 Å².